The summed E-state index contributed by atoms with van der Waals surface area (Å²) in [5, 5.41) is 0.559. The van der Waals surface area contributed by atoms with Crippen LogP contribution in [0.5, 0.6) is 5.75 Å². The van der Waals surface area contributed by atoms with Gasteiger partial charge in [0, 0.05) is 17.2 Å². The molecule has 0 fully saturated rings. The van der Waals surface area contributed by atoms with Crippen LogP contribution in [0.2, 0.25) is 0 Å². The van der Waals surface area contributed by atoms with Crippen molar-refractivity contribution in [2.24, 2.45) is 0 Å². The summed E-state index contributed by atoms with van der Waals surface area (Å²) in [6, 6.07) is 33.0. The van der Waals surface area contributed by atoms with Crippen LogP contribution in [0.15, 0.2) is 112 Å². The average Bonchev–Trinajstić information content (AvgIpc) is 2.84. The van der Waals surface area contributed by atoms with Gasteiger partial charge in [-0.25, -0.2) is 0 Å². The first-order chi connectivity index (χ1) is 15.3. The third-order valence-corrected chi connectivity index (χ3v) is 5.41. The minimum Gasteiger partial charge on any atom is -0.495 e. The molecule has 0 unspecified atom stereocenters. The second-order valence-electron chi connectivity index (χ2n) is 7.28. The summed E-state index contributed by atoms with van der Waals surface area (Å²) in [5.41, 5.74) is 5.10. The molecule has 0 spiro atoms. The van der Waals surface area contributed by atoms with Gasteiger partial charge in [0.2, 0.25) is 0 Å². The van der Waals surface area contributed by atoms with E-state index in [1.807, 2.05) is 91.0 Å². The molecule has 1 heterocycles. The highest BCUT2D eigenvalue weighted by molar-refractivity contribution is 5.93. The van der Waals surface area contributed by atoms with Crippen LogP contribution < -0.4 is 10.2 Å². The Kier molecular flexibility index (Phi) is 4.85. The van der Waals surface area contributed by atoms with Crippen LogP contribution in [0.4, 0.5) is 0 Å². The Bertz CT molecular complexity index is 1420. The smallest absolute Gasteiger partial charge is 0.193 e. The van der Waals surface area contributed by atoms with Gasteiger partial charge < -0.3 is 9.15 Å². The van der Waals surface area contributed by atoms with Gasteiger partial charge in [-0.3, -0.25) is 4.79 Å². The van der Waals surface area contributed by atoms with Gasteiger partial charge in [-0.05, 0) is 23.3 Å². The SMILES string of the molecule is COc1c(-c2ccccc2)cccc1-c1cc(=O)c2cccc(-c3ccccc3)c2o1. The van der Waals surface area contributed by atoms with Gasteiger partial charge >= 0.3 is 0 Å². The van der Waals surface area contributed by atoms with E-state index in [0.29, 0.717) is 22.5 Å². The van der Waals surface area contributed by atoms with Crippen molar-refractivity contribution in [1.29, 1.82) is 0 Å². The first kappa shape index (κ1) is 18.9. The van der Waals surface area contributed by atoms with E-state index in [1.54, 1.807) is 19.2 Å². The summed E-state index contributed by atoms with van der Waals surface area (Å²) in [6.07, 6.45) is 0. The van der Waals surface area contributed by atoms with Crippen LogP contribution in [0, 0.1) is 0 Å². The molecule has 0 N–H and O–H groups in total. The van der Waals surface area contributed by atoms with Gasteiger partial charge in [0.1, 0.15) is 17.1 Å². The zero-order chi connectivity index (χ0) is 21.2. The Morgan fingerprint density at radius 1 is 0.645 bits per heavy atom. The highest BCUT2D eigenvalue weighted by atomic mass is 16.5. The summed E-state index contributed by atoms with van der Waals surface area (Å²) in [5.74, 6) is 1.16. The maximum atomic E-state index is 13.0. The first-order valence-electron chi connectivity index (χ1n) is 10.1. The minimum atomic E-state index is -0.0822. The second kappa shape index (κ2) is 7.96. The third kappa shape index (κ3) is 3.40. The Morgan fingerprint density at radius 3 is 1.90 bits per heavy atom. The number of ether oxygens (including phenoxy) is 1. The van der Waals surface area contributed by atoms with E-state index in [9.17, 15) is 4.79 Å². The number of rotatable bonds is 4. The lowest BCUT2D eigenvalue weighted by molar-refractivity contribution is 0.416. The Hall–Kier alpha value is -4.11. The topological polar surface area (TPSA) is 39.4 Å². The maximum Gasteiger partial charge on any atom is 0.193 e. The Balaban J connectivity index is 1.76. The molecule has 0 radical (unpaired) electrons. The number of hydrogen-bond donors (Lipinski definition) is 0. The fraction of sp³-hybridized carbons (Fsp3) is 0.0357. The third-order valence-electron chi connectivity index (χ3n) is 5.41. The molecule has 31 heavy (non-hydrogen) atoms. The van der Waals surface area contributed by atoms with Gasteiger partial charge in [0.05, 0.1) is 18.1 Å². The van der Waals surface area contributed by atoms with Crippen LogP contribution >= 0.6 is 0 Å². The van der Waals surface area contributed by atoms with Crippen LogP contribution in [-0.4, -0.2) is 7.11 Å². The predicted octanol–water partition coefficient (Wildman–Crippen LogP) is 6.80. The molecule has 3 heteroatoms. The molecule has 0 aliphatic rings. The van der Waals surface area contributed by atoms with Gasteiger partial charge in [0.15, 0.2) is 5.43 Å². The molecule has 0 atom stereocenters. The largest absolute Gasteiger partial charge is 0.495 e. The average molecular weight is 404 g/mol. The fourth-order valence-electron chi connectivity index (χ4n) is 3.95. The monoisotopic (exact) mass is 404 g/mol. The second-order valence-corrected chi connectivity index (χ2v) is 7.28. The molecule has 5 aromatic rings. The quantitative estimate of drug-likeness (QED) is 0.331. The molecule has 0 aliphatic carbocycles. The lowest BCUT2D eigenvalue weighted by atomic mass is 9.99. The molecule has 3 nitrogen and oxygen atoms in total. The molecule has 1 aromatic heterocycles. The van der Waals surface area contributed by atoms with Gasteiger partial charge in [0.25, 0.3) is 0 Å². The zero-order valence-electron chi connectivity index (χ0n) is 17.0. The number of para-hydroxylation sites is 2. The summed E-state index contributed by atoms with van der Waals surface area (Å²) < 4.78 is 12.2. The predicted molar refractivity (Wildman–Crippen MR) is 125 cm³/mol. The normalized spacial score (nSPS) is 10.9. The van der Waals surface area contributed by atoms with Crippen molar-refractivity contribution in [2.45, 2.75) is 0 Å². The van der Waals surface area contributed by atoms with Crippen molar-refractivity contribution in [2.75, 3.05) is 7.11 Å². The molecule has 150 valence electrons. The standard InChI is InChI=1S/C28H20O3/c1-30-27-21(19-10-4-2-5-11-19)14-9-17-24(27)26-18-25(29)23-16-8-15-22(28(23)31-26)20-12-6-3-7-13-20/h2-18H,1H3. The lowest BCUT2D eigenvalue weighted by Gasteiger charge is -2.14. The Labute approximate surface area is 180 Å². The molecular weight excluding hydrogens is 384 g/mol. The van der Waals surface area contributed by atoms with Gasteiger partial charge in [-0.2, -0.15) is 0 Å². The summed E-state index contributed by atoms with van der Waals surface area (Å²) in [6.45, 7) is 0. The van der Waals surface area contributed by atoms with E-state index in [4.69, 9.17) is 9.15 Å². The van der Waals surface area contributed by atoms with Crippen molar-refractivity contribution >= 4 is 11.0 Å². The summed E-state index contributed by atoms with van der Waals surface area (Å²) >= 11 is 0. The molecule has 0 saturated heterocycles. The molecule has 0 amide bonds. The Morgan fingerprint density at radius 2 is 1.23 bits per heavy atom. The molecule has 0 bridgehead atoms. The van der Waals surface area contributed by atoms with Crippen molar-refractivity contribution in [1.82, 2.24) is 0 Å². The lowest BCUT2D eigenvalue weighted by Crippen LogP contribution is -2.02. The van der Waals surface area contributed by atoms with Crippen LogP contribution in [0.1, 0.15) is 0 Å². The van der Waals surface area contributed by atoms with Crippen molar-refractivity contribution in [3.8, 4) is 39.3 Å². The number of fused-ring (bicyclic) bond motifs is 1. The molecule has 4 aromatic carbocycles. The number of benzene rings is 4. The van der Waals surface area contributed by atoms with Crippen LogP contribution in [0.3, 0.4) is 0 Å². The van der Waals surface area contributed by atoms with Crippen LogP contribution in [0.25, 0.3) is 44.5 Å². The van der Waals surface area contributed by atoms with Gasteiger partial charge in [-0.1, -0.05) is 84.9 Å². The van der Waals surface area contributed by atoms with Crippen molar-refractivity contribution in [3.05, 3.63) is 113 Å². The summed E-state index contributed by atoms with van der Waals surface area (Å²) in [4.78, 5) is 13.0. The zero-order valence-corrected chi connectivity index (χ0v) is 17.0. The highest BCUT2D eigenvalue weighted by Crippen LogP contribution is 2.40. The minimum absolute atomic E-state index is 0.0822. The van der Waals surface area contributed by atoms with E-state index in [0.717, 1.165) is 27.8 Å². The van der Waals surface area contributed by atoms with Crippen LogP contribution in [-0.2, 0) is 0 Å². The molecule has 5 rings (SSSR count). The van der Waals surface area contributed by atoms with E-state index in [-0.39, 0.29) is 5.43 Å². The maximum absolute atomic E-state index is 13.0. The van der Waals surface area contributed by atoms with E-state index >= 15 is 0 Å². The molecule has 0 saturated carbocycles. The fourth-order valence-corrected chi connectivity index (χ4v) is 3.95. The van der Waals surface area contributed by atoms with Crippen molar-refractivity contribution < 1.29 is 9.15 Å². The number of hydrogen-bond acceptors (Lipinski definition) is 3. The van der Waals surface area contributed by atoms with E-state index in [1.165, 1.54) is 0 Å². The van der Waals surface area contributed by atoms with Gasteiger partial charge in [-0.15, -0.1) is 0 Å². The number of methoxy groups -OCH3 is 1. The van der Waals surface area contributed by atoms with Crippen molar-refractivity contribution in [3.63, 3.8) is 0 Å². The van der Waals surface area contributed by atoms with E-state index < -0.39 is 0 Å². The highest BCUT2D eigenvalue weighted by Gasteiger charge is 2.17. The first-order valence-corrected chi connectivity index (χ1v) is 10.1. The van der Waals surface area contributed by atoms with E-state index in [2.05, 4.69) is 0 Å². The summed E-state index contributed by atoms with van der Waals surface area (Å²) in [7, 11) is 1.64. The molecule has 0 aliphatic heterocycles. The molecular formula is C28H20O3.